The topological polar surface area (TPSA) is 47.6 Å². The maximum absolute atomic E-state index is 5.48. The van der Waals surface area contributed by atoms with E-state index in [4.69, 9.17) is 10.6 Å². The number of nitrogens with two attached hydrogens (primary N) is 1. The van der Waals surface area contributed by atoms with E-state index < -0.39 is 0 Å². The highest BCUT2D eigenvalue weighted by molar-refractivity contribution is 5.89. The lowest BCUT2D eigenvalue weighted by molar-refractivity contribution is 0.0746. The van der Waals surface area contributed by atoms with Gasteiger partial charge < -0.3 is 10.6 Å². The number of oxime groups is 1. The van der Waals surface area contributed by atoms with Crippen molar-refractivity contribution in [2.24, 2.45) is 16.8 Å². The molecular weight excluding hydrogens is 128 g/mol. The van der Waals surface area contributed by atoms with Gasteiger partial charge in [0.25, 0.3) is 0 Å². The number of hydrogen-bond acceptors (Lipinski definition) is 3. The van der Waals surface area contributed by atoms with Gasteiger partial charge in [0.05, 0.1) is 5.71 Å². The molecule has 10 heavy (non-hydrogen) atoms. The summed E-state index contributed by atoms with van der Waals surface area (Å²) in [6, 6.07) is 0. The first kappa shape index (κ1) is 6.16. The van der Waals surface area contributed by atoms with Gasteiger partial charge in [0.2, 0.25) is 0 Å². The first-order chi connectivity index (χ1) is 4.92. The van der Waals surface area contributed by atoms with Crippen LogP contribution < -0.4 is 5.73 Å². The fourth-order valence-corrected chi connectivity index (χ4v) is 1.83. The van der Waals surface area contributed by atoms with Crippen LogP contribution in [-0.2, 0) is 4.84 Å². The molecule has 2 aliphatic rings. The van der Waals surface area contributed by atoms with E-state index in [1.165, 1.54) is 12.8 Å². The monoisotopic (exact) mass is 140 g/mol. The van der Waals surface area contributed by atoms with Gasteiger partial charge >= 0.3 is 0 Å². The lowest BCUT2D eigenvalue weighted by Crippen LogP contribution is -2.23. The van der Waals surface area contributed by atoms with E-state index in [0.717, 1.165) is 12.1 Å². The molecule has 0 amide bonds. The highest BCUT2D eigenvalue weighted by Gasteiger charge is 2.36. The summed E-state index contributed by atoms with van der Waals surface area (Å²) < 4.78 is 0. The van der Waals surface area contributed by atoms with Crippen LogP contribution in [-0.4, -0.2) is 18.4 Å². The van der Waals surface area contributed by atoms with E-state index in [9.17, 15) is 0 Å². The van der Waals surface area contributed by atoms with Crippen molar-refractivity contribution in [3.8, 4) is 0 Å². The first-order valence-corrected chi connectivity index (χ1v) is 3.84. The van der Waals surface area contributed by atoms with Crippen LogP contribution >= 0.6 is 0 Å². The zero-order chi connectivity index (χ0) is 6.97. The lowest BCUT2D eigenvalue weighted by Gasteiger charge is -2.05. The molecule has 2 rings (SSSR count). The summed E-state index contributed by atoms with van der Waals surface area (Å²) in [5.74, 6) is 0.560. The third-order valence-corrected chi connectivity index (χ3v) is 2.40. The van der Waals surface area contributed by atoms with Crippen molar-refractivity contribution in [1.82, 2.24) is 0 Å². The van der Waals surface area contributed by atoms with Gasteiger partial charge in [-0.05, 0) is 19.3 Å². The van der Waals surface area contributed by atoms with E-state index >= 15 is 0 Å². The Morgan fingerprint density at radius 1 is 1.60 bits per heavy atom. The average Bonchev–Trinajstić information content (AvgIpc) is 2.44. The summed E-state index contributed by atoms with van der Waals surface area (Å²) in [6.45, 7) is 0.571. The Bertz CT molecular complexity index is 167. The van der Waals surface area contributed by atoms with Gasteiger partial charge in [0.1, 0.15) is 6.10 Å². The van der Waals surface area contributed by atoms with Crippen LogP contribution in [0.4, 0.5) is 0 Å². The standard InChI is InChI=1S/C7H12N2O/c8-4-6-5-2-1-3-7(5)10-9-6/h5,7H,1-4,8H2/t5-,7-/m1/s1. The molecule has 1 saturated carbocycles. The molecule has 3 nitrogen and oxygen atoms in total. The fraction of sp³-hybridized carbons (Fsp3) is 0.857. The molecule has 0 aromatic carbocycles. The number of rotatable bonds is 1. The number of nitrogens with zero attached hydrogens (tertiary/aromatic N) is 1. The molecule has 0 radical (unpaired) electrons. The van der Waals surface area contributed by atoms with Crippen molar-refractivity contribution in [3.05, 3.63) is 0 Å². The van der Waals surface area contributed by atoms with Crippen LogP contribution in [0.15, 0.2) is 5.16 Å². The molecule has 2 N–H and O–H groups in total. The summed E-state index contributed by atoms with van der Waals surface area (Å²) >= 11 is 0. The Kier molecular flexibility index (Phi) is 1.38. The van der Waals surface area contributed by atoms with Gasteiger partial charge in [0, 0.05) is 12.5 Å². The highest BCUT2D eigenvalue weighted by atomic mass is 16.6. The van der Waals surface area contributed by atoms with Crippen molar-refractivity contribution in [1.29, 1.82) is 0 Å². The summed E-state index contributed by atoms with van der Waals surface area (Å²) in [7, 11) is 0. The van der Waals surface area contributed by atoms with Crippen LogP contribution in [0.5, 0.6) is 0 Å². The zero-order valence-corrected chi connectivity index (χ0v) is 5.92. The van der Waals surface area contributed by atoms with Gasteiger partial charge in [-0.2, -0.15) is 0 Å². The predicted octanol–water partition coefficient (Wildman–Crippen LogP) is 0.500. The minimum absolute atomic E-state index is 0.374. The molecule has 0 bridgehead atoms. The quantitative estimate of drug-likeness (QED) is 0.576. The van der Waals surface area contributed by atoms with E-state index in [1.807, 2.05) is 0 Å². The minimum Gasteiger partial charge on any atom is -0.392 e. The van der Waals surface area contributed by atoms with Crippen molar-refractivity contribution in [2.45, 2.75) is 25.4 Å². The molecule has 1 fully saturated rings. The maximum atomic E-state index is 5.48. The van der Waals surface area contributed by atoms with Crippen molar-refractivity contribution >= 4 is 5.71 Å². The summed E-state index contributed by atoms with van der Waals surface area (Å²) in [6.07, 6.45) is 4.03. The second kappa shape index (κ2) is 2.23. The normalized spacial score (nSPS) is 37.1. The SMILES string of the molecule is NCC1=NO[C@@H]2CCC[C@H]12. The van der Waals surface area contributed by atoms with Crippen LogP contribution in [0.25, 0.3) is 0 Å². The molecule has 0 unspecified atom stereocenters. The third-order valence-electron chi connectivity index (χ3n) is 2.40. The largest absolute Gasteiger partial charge is 0.392 e. The fourth-order valence-electron chi connectivity index (χ4n) is 1.83. The smallest absolute Gasteiger partial charge is 0.135 e. The lowest BCUT2D eigenvalue weighted by atomic mass is 10.0. The second-order valence-corrected chi connectivity index (χ2v) is 2.97. The second-order valence-electron chi connectivity index (χ2n) is 2.97. The van der Waals surface area contributed by atoms with E-state index in [-0.39, 0.29) is 0 Å². The summed E-state index contributed by atoms with van der Waals surface area (Å²) in [4.78, 5) is 5.19. The van der Waals surface area contributed by atoms with Crippen molar-refractivity contribution in [2.75, 3.05) is 6.54 Å². The van der Waals surface area contributed by atoms with Gasteiger partial charge in [0.15, 0.2) is 0 Å². The first-order valence-electron chi connectivity index (χ1n) is 3.84. The molecule has 56 valence electrons. The number of fused-ring (bicyclic) bond motifs is 1. The Morgan fingerprint density at radius 2 is 2.50 bits per heavy atom. The summed E-state index contributed by atoms with van der Waals surface area (Å²) in [5.41, 5.74) is 6.55. The molecule has 1 heterocycles. The van der Waals surface area contributed by atoms with Gasteiger partial charge in [-0.15, -0.1) is 0 Å². The minimum atomic E-state index is 0.374. The highest BCUT2D eigenvalue weighted by Crippen LogP contribution is 2.33. The molecule has 1 aliphatic carbocycles. The van der Waals surface area contributed by atoms with Crippen molar-refractivity contribution in [3.63, 3.8) is 0 Å². The molecule has 3 heteroatoms. The molecule has 0 saturated heterocycles. The van der Waals surface area contributed by atoms with Gasteiger partial charge in [-0.25, -0.2) is 0 Å². The van der Waals surface area contributed by atoms with E-state index in [2.05, 4.69) is 5.16 Å². The Morgan fingerprint density at radius 3 is 3.30 bits per heavy atom. The average molecular weight is 140 g/mol. The van der Waals surface area contributed by atoms with E-state index in [0.29, 0.717) is 18.6 Å². The van der Waals surface area contributed by atoms with Crippen LogP contribution in [0, 0.1) is 5.92 Å². The Balaban J connectivity index is 2.10. The zero-order valence-electron chi connectivity index (χ0n) is 5.92. The van der Waals surface area contributed by atoms with Gasteiger partial charge in [-0.3, -0.25) is 0 Å². The van der Waals surface area contributed by atoms with E-state index in [1.54, 1.807) is 0 Å². The van der Waals surface area contributed by atoms with Crippen molar-refractivity contribution < 1.29 is 4.84 Å². The Hall–Kier alpha value is -0.570. The molecule has 0 spiro atoms. The Labute approximate surface area is 60.2 Å². The summed E-state index contributed by atoms with van der Waals surface area (Å²) in [5, 5.41) is 3.93. The molecular formula is C7H12N2O. The number of hydrogen-bond donors (Lipinski definition) is 1. The predicted molar refractivity (Wildman–Crippen MR) is 38.7 cm³/mol. The third kappa shape index (κ3) is 0.736. The maximum Gasteiger partial charge on any atom is 0.135 e. The molecule has 0 aromatic heterocycles. The molecule has 2 atom stereocenters. The molecule has 0 aromatic rings. The van der Waals surface area contributed by atoms with Crippen LogP contribution in [0.1, 0.15) is 19.3 Å². The van der Waals surface area contributed by atoms with Crippen LogP contribution in [0.3, 0.4) is 0 Å². The molecule has 1 aliphatic heterocycles. The van der Waals surface area contributed by atoms with Crippen LogP contribution in [0.2, 0.25) is 0 Å². The van der Waals surface area contributed by atoms with Gasteiger partial charge in [-0.1, -0.05) is 5.16 Å².